The van der Waals surface area contributed by atoms with Crippen LogP contribution in [0.15, 0.2) is 84.4 Å². The number of thiophene rings is 1. The smallest absolute Gasteiger partial charge is 0.264 e. The number of rotatable bonds is 11. The molecule has 1 fully saturated rings. The van der Waals surface area contributed by atoms with Crippen LogP contribution >= 0.6 is 11.3 Å². The Morgan fingerprint density at radius 3 is 2.52 bits per heavy atom. The van der Waals surface area contributed by atoms with Crippen molar-refractivity contribution in [1.29, 1.82) is 0 Å². The quantitative estimate of drug-likeness (QED) is 0.0904. The van der Waals surface area contributed by atoms with E-state index >= 15 is 0 Å². The van der Waals surface area contributed by atoms with Crippen LogP contribution in [0.2, 0.25) is 0 Å². The number of carbonyl (C=O) groups is 6. The molecule has 5 aromatic rings. The van der Waals surface area contributed by atoms with Crippen LogP contribution in [0.25, 0.3) is 10.1 Å². The largest absolute Gasteiger partial charge is 0.384 e. The van der Waals surface area contributed by atoms with Crippen molar-refractivity contribution in [2.45, 2.75) is 32.2 Å². The number of hydrogen-bond donors (Lipinski definition) is 5. The van der Waals surface area contributed by atoms with Crippen LogP contribution in [0.4, 0.5) is 22.9 Å². The third-order valence-electron chi connectivity index (χ3n) is 8.94. The van der Waals surface area contributed by atoms with E-state index in [9.17, 15) is 28.8 Å². The van der Waals surface area contributed by atoms with Crippen LogP contribution in [0.1, 0.15) is 66.3 Å². The summed E-state index contributed by atoms with van der Waals surface area (Å²) in [6, 6.07) is 20.7. The second-order valence-electron chi connectivity index (χ2n) is 12.4. The number of amides is 6. The fraction of sp³-hybridized carbons (Fsp3) is 0.184. The first-order chi connectivity index (χ1) is 25.2. The van der Waals surface area contributed by atoms with Gasteiger partial charge in [0.15, 0.2) is 5.82 Å². The number of aryl methyl sites for hydroxylation is 1. The van der Waals surface area contributed by atoms with Gasteiger partial charge in [-0.1, -0.05) is 42.5 Å². The Morgan fingerprint density at radius 1 is 0.904 bits per heavy atom. The Balaban J connectivity index is 1.00. The van der Waals surface area contributed by atoms with Crippen molar-refractivity contribution >= 4 is 79.7 Å². The average Bonchev–Trinajstić information content (AvgIpc) is 3.68. The summed E-state index contributed by atoms with van der Waals surface area (Å²) in [5, 5.41) is 17.1. The number of imide groups is 2. The molecule has 6 amide bonds. The van der Waals surface area contributed by atoms with Gasteiger partial charge in [-0.05, 0) is 55.7 Å². The fourth-order valence-electron chi connectivity index (χ4n) is 6.25. The SMILES string of the molecule is Cc1ccccc1Nc1ncc(C(=O)NCCCNc2cccc3c2C(=O)N(C2CCC(=O)NC2=O)C3=O)cc1NC(=O)c1csc2ccccc12. The molecule has 14 heteroatoms. The number of anilines is 4. The van der Waals surface area contributed by atoms with E-state index in [1.54, 1.807) is 23.6 Å². The van der Waals surface area contributed by atoms with Gasteiger partial charge in [0.1, 0.15) is 6.04 Å². The van der Waals surface area contributed by atoms with E-state index < -0.39 is 35.6 Å². The monoisotopic (exact) mass is 715 g/mol. The van der Waals surface area contributed by atoms with Gasteiger partial charge >= 0.3 is 0 Å². The zero-order chi connectivity index (χ0) is 36.4. The lowest BCUT2D eigenvalue weighted by Crippen LogP contribution is -2.54. The minimum absolute atomic E-state index is 0.0353. The van der Waals surface area contributed by atoms with Crippen molar-refractivity contribution in [1.82, 2.24) is 20.5 Å². The lowest BCUT2D eigenvalue weighted by Gasteiger charge is -2.27. The van der Waals surface area contributed by atoms with Crippen LogP contribution < -0.4 is 26.6 Å². The Morgan fingerprint density at radius 2 is 1.69 bits per heavy atom. The van der Waals surface area contributed by atoms with Gasteiger partial charge in [-0.3, -0.25) is 39.0 Å². The highest BCUT2D eigenvalue weighted by molar-refractivity contribution is 7.17. The molecule has 0 radical (unpaired) electrons. The first kappa shape index (κ1) is 34.1. The van der Waals surface area contributed by atoms with Gasteiger partial charge in [0.2, 0.25) is 11.8 Å². The molecule has 3 aromatic carbocycles. The molecule has 2 aromatic heterocycles. The van der Waals surface area contributed by atoms with Crippen molar-refractivity contribution < 1.29 is 28.8 Å². The highest BCUT2D eigenvalue weighted by Crippen LogP contribution is 2.33. The number of carbonyl (C=O) groups excluding carboxylic acids is 6. The predicted octanol–water partition coefficient (Wildman–Crippen LogP) is 5.23. The lowest BCUT2D eigenvalue weighted by atomic mass is 10.0. The Bertz CT molecular complexity index is 2290. The van der Waals surface area contributed by atoms with Gasteiger partial charge in [0.25, 0.3) is 23.6 Å². The number of benzene rings is 3. The molecular weight excluding hydrogens is 683 g/mol. The van der Waals surface area contributed by atoms with Gasteiger partial charge in [-0.15, -0.1) is 11.3 Å². The third-order valence-corrected chi connectivity index (χ3v) is 9.91. The normalized spacial score (nSPS) is 15.3. The minimum atomic E-state index is -1.06. The zero-order valence-corrected chi connectivity index (χ0v) is 28.8. The number of nitrogens with zero attached hydrogens (tertiary/aromatic N) is 2. The maximum atomic E-state index is 13.5. The number of para-hydroxylation sites is 1. The average molecular weight is 716 g/mol. The number of nitrogens with one attached hydrogen (secondary N) is 5. The topological polar surface area (TPSA) is 179 Å². The van der Waals surface area contributed by atoms with Crippen molar-refractivity contribution in [3.8, 4) is 0 Å². The van der Waals surface area contributed by atoms with Crippen LogP contribution in [-0.2, 0) is 9.59 Å². The van der Waals surface area contributed by atoms with Crippen LogP contribution in [0.3, 0.4) is 0 Å². The lowest BCUT2D eigenvalue weighted by molar-refractivity contribution is -0.136. The van der Waals surface area contributed by atoms with E-state index in [0.29, 0.717) is 35.7 Å². The van der Waals surface area contributed by atoms with Crippen molar-refractivity contribution in [2.24, 2.45) is 0 Å². The first-order valence-corrected chi connectivity index (χ1v) is 17.5. The van der Waals surface area contributed by atoms with Gasteiger partial charge < -0.3 is 21.3 Å². The molecule has 2 aliphatic rings. The molecule has 1 unspecified atom stereocenters. The number of piperidine rings is 1. The van der Waals surface area contributed by atoms with Crippen molar-refractivity contribution in [3.05, 3.63) is 112 Å². The predicted molar refractivity (Wildman–Crippen MR) is 197 cm³/mol. The second-order valence-corrected chi connectivity index (χ2v) is 13.3. The number of hydrogen-bond acceptors (Lipinski definition) is 10. The van der Waals surface area contributed by atoms with E-state index in [4.69, 9.17) is 0 Å². The molecule has 1 saturated heterocycles. The van der Waals surface area contributed by atoms with Gasteiger partial charge in [0.05, 0.1) is 27.9 Å². The Kier molecular flexibility index (Phi) is 9.46. The third kappa shape index (κ3) is 6.71. The molecule has 4 heterocycles. The summed E-state index contributed by atoms with van der Waals surface area (Å²) in [4.78, 5) is 82.7. The molecule has 0 bridgehead atoms. The molecular formula is C38H33N7O6S. The van der Waals surface area contributed by atoms with Gasteiger partial charge in [0, 0.05) is 52.5 Å². The van der Waals surface area contributed by atoms with Crippen LogP contribution in [0.5, 0.6) is 0 Å². The van der Waals surface area contributed by atoms with Crippen LogP contribution in [-0.4, -0.2) is 64.5 Å². The molecule has 0 spiro atoms. The molecule has 7 rings (SSSR count). The van der Waals surface area contributed by atoms with Gasteiger partial charge in [-0.2, -0.15) is 0 Å². The zero-order valence-electron chi connectivity index (χ0n) is 27.9. The second kappa shape index (κ2) is 14.4. The summed E-state index contributed by atoms with van der Waals surface area (Å²) < 4.78 is 0.984. The fourth-order valence-corrected chi connectivity index (χ4v) is 7.19. The summed E-state index contributed by atoms with van der Waals surface area (Å²) in [5.74, 6) is -2.65. The van der Waals surface area contributed by atoms with E-state index in [-0.39, 0.29) is 42.0 Å². The number of fused-ring (bicyclic) bond motifs is 2. The molecule has 52 heavy (non-hydrogen) atoms. The van der Waals surface area contributed by atoms with E-state index in [1.807, 2.05) is 55.5 Å². The standard InChI is InChI=1S/C38H33N7O6S/c1-21-8-2-4-11-26(21)42-33-28(43-35(48)25-20-52-30-13-5-3-9-23(25)30)18-22(19-41-33)34(47)40-17-7-16-39-27-12-6-10-24-32(27)38(51)45(37(24)50)29-14-15-31(46)44-36(29)49/h2-6,8-13,18-20,29,39H,7,14-17H2,1H3,(H,40,47)(H,41,42)(H,43,48)(H,44,46,49). The maximum absolute atomic E-state index is 13.5. The van der Waals surface area contributed by atoms with E-state index in [0.717, 1.165) is 26.2 Å². The molecule has 2 aliphatic heterocycles. The molecule has 13 nitrogen and oxygen atoms in total. The molecule has 262 valence electrons. The minimum Gasteiger partial charge on any atom is -0.384 e. The van der Waals surface area contributed by atoms with E-state index in [2.05, 4.69) is 31.6 Å². The Hall–Kier alpha value is -6.41. The summed E-state index contributed by atoms with van der Waals surface area (Å²) >= 11 is 1.47. The summed E-state index contributed by atoms with van der Waals surface area (Å²) in [6.45, 7) is 2.57. The first-order valence-electron chi connectivity index (χ1n) is 16.7. The van der Waals surface area contributed by atoms with Crippen molar-refractivity contribution in [2.75, 3.05) is 29.0 Å². The highest BCUT2D eigenvalue weighted by Gasteiger charge is 2.45. The van der Waals surface area contributed by atoms with E-state index in [1.165, 1.54) is 23.6 Å². The number of pyridine rings is 1. The summed E-state index contributed by atoms with van der Waals surface area (Å²) in [7, 11) is 0. The Labute approximate surface area is 301 Å². The molecule has 0 saturated carbocycles. The van der Waals surface area contributed by atoms with Crippen LogP contribution in [0, 0.1) is 6.92 Å². The summed E-state index contributed by atoms with van der Waals surface area (Å²) in [5.41, 5.74) is 3.64. The number of aromatic nitrogens is 1. The highest BCUT2D eigenvalue weighted by atomic mass is 32.1. The summed E-state index contributed by atoms with van der Waals surface area (Å²) in [6.07, 6.45) is 2.00. The molecule has 5 N–H and O–H groups in total. The van der Waals surface area contributed by atoms with Crippen molar-refractivity contribution in [3.63, 3.8) is 0 Å². The van der Waals surface area contributed by atoms with Gasteiger partial charge in [-0.25, -0.2) is 4.98 Å². The molecule has 1 atom stereocenters. The molecule has 0 aliphatic carbocycles. The maximum Gasteiger partial charge on any atom is 0.264 e.